The fraction of sp³-hybridized carbons (Fsp3) is 0.292. The third-order valence-corrected chi connectivity index (χ3v) is 4.72. The number of aliphatic hydroxyl groups excluding tert-OH is 1. The van der Waals surface area contributed by atoms with E-state index in [4.69, 9.17) is 9.15 Å². The summed E-state index contributed by atoms with van der Waals surface area (Å²) in [6, 6.07) is 21.4. The van der Waals surface area contributed by atoms with E-state index in [9.17, 15) is 5.11 Å². The highest BCUT2D eigenvalue weighted by atomic mass is 16.5. The van der Waals surface area contributed by atoms with Gasteiger partial charge in [0.2, 0.25) is 0 Å². The van der Waals surface area contributed by atoms with Crippen LogP contribution in [0.3, 0.4) is 0 Å². The second-order valence-electron chi connectivity index (χ2n) is 6.90. The third-order valence-electron chi connectivity index (χ3n) is 4.72. The Labute approximate surface area is 177 Å². The van der Waals surface area contributed by atoms with Crippen LogP contribution < -0.4 is 15.4 Å². The van der Waals surface area contributed by atoms with Gasteiger partial charge in [0.25, 0.3) is 0 Å². The van der Waals surface area contributed by atoms with Gasteiger partial charge in [0.15, 0.2) is 5.96 Å². The Morgan fingerprint density at radius 2 is 1.70 bits per heavy atom. The van der Waals surface area contributed by atoms with Crippen LogP contribution in [0.25, 0.3) is 0 Å². The monoisotopic (exact) mass is 407 g/mol. The summed E-state index contributed by atoms with van der Waals surface area (Å²) in [5.41, 5.74) is 2.07. The molecular weight excluding hydrogens is 378 g/mol. The maximum absolute atomic E-state index is 10.4. The van der Waals surface area contributed by atoms with Crippen LogP contribution >= 0.6 is 0 Å². The topological polar surface area (TPSA) is 79.0 Å². The van der Waals surface area contributed by atoms with Gasteiger partial charge in [-0.1, -0.05) is 42.5 Å². The Hall–Kier alpha value is -3.25. The summed E-state index contributed by atoms with van der Waals surface area (Å²) in [6.45, 7) is 1.69. The lowest BCUT2D eigenvalue weighted by atomic mass is 10.1. The zero-order valence-electron chi connectivity index (χ0n) is 17.3. The first kappa shape index (κ1) is 21.5. The first-order valence-corrected chi connectivity index (χ1v) is 10.1. The van der Waals surface area contributed by atoms with Crippen LogP contribution in [0.1, 0.15) is 23.0 Å². The largest absolute Gasteiger partial charge is 0.497 e. The predicted octanol–water partition coefficient (Wildman–Crippen LogP) is 3.34. The number of ether oxygens (including phenoxy) is 1. The van der Waals surface area contributed by atoms with Crippen molar-refractivity contribution in [2.24, 2.45) is 4.99 Å². The summed E-state index contributed by atoms with van der Waals surface area (Å²) in [7, 11) is 1.66. The molecular formula is C24H29N3O3. The van der Waals surface area contributed by atoms with Crippen LogP contribution in [0.4, 0.5) is 0 Å². The number of guanidine groups is 1. The Kier molecular flexibility index (Phi) is 8.35. The van der Waals surface area contributed by atoms with E-state index in [1.807, 2.05) is 54.6 Å². The minimum atomic E-state index is -0.642. The van der Waals surface area contributed by atoms with E-state index in [0.29, 0.717) is 12.5 Å². The van der Waals surface area contributed by atoms with Gasteiger partial charge in [-0.25, -0.2) is 0 Å². The van der Waals surface area contributed by atoms with Gasteiger partial charge in [-0.2, -0.15) is 0 Å². The summed E-state index contributed by atoms with van der Waals surface area (Å²) in [6.07, 6.45) is 2.64. The van der Waals surface area contributed by atoms with E-state index in [1.54, 1.807) is 13.4 Å². The number of rotatable bonds is 10. The van der Waals surface area contributed by atoms with Crippen molar-refractivity contribution in [3.05, 3.63) is 89.9 Å². The zero-order valence-corrected chi connectivity index (χ0v) is 17.3. The molecule has 1 unspecified atom stereocenters. The highest BCUT2D eigenvalue weighted by Crippen LogP contribution is 2.12. The molecule has 0 bridgehead atoms. The number of hydrogen-bond donors (Lipinski definition) is 3. The van der Waals surface area contributed by atoms with Crippen molar-refractivity contribution in [1.82, 2.24) is 10.6 Å². The van der Waals surface area contributed by atoms with Crippen LogP contribution in [0, 0.1) is 0 Å². The van der Waals surface area contributed by atoms with E-state index in [1.165, 1.54) is 5.56 Å². The Bertz CT molecular complexity index is 878. The molecule has 0 radical (unpaired) electrons. The summed E-state index contributed by atoms with van der Waals surface area (Å²) in [4.78, 5) is 4.57. The van der Waals surface area contributed by atoms with Gasteiger partial charge in [-0.3, -0.25) is 4.99 Å². The van der Waals surface area contributed by atoms with Gasteiger partial charge in [-0.15, -0.1) is 0 Å². The Morgan fingerprint density at radius 1 is 0.967 bits per heavy atom. The molecule has 0 aliphatic heterocycles. The van der Waals surface area contributed by atoms with E-state index < -0.39 is 6.10 Å². The number of nitrogens with zero attached hydrogens (tertiary/aromatic N) is 1. The molecule has 1 heterocycles. The van der Waals surface area contributed by atoms with Crippen LogP contribution in [0.15, 0.2) is 82.4 Å². The maximum Gasteiger partial charge on any atom is 0.191 e. The number of nitrogens with one attached hydrogen (secondary N) is 2. The second-order valence-corrected chi connectivity index (χ2v) is 6.90. The molecule has 0 saturated carbocycles. The first-order chi connectivity index (χ1) is 14.7. The van der Waals surface area contributed by atoms with E-state index in [2.05, 4.69) is 27.8 Å². The summed E-state index contributed by atoms with van der Waals surface area (Å²) in [5.74, 6) is 2.44. The average Bonchev–Trinajstić information content (AvgIpc) is 3.31. The van der Waals surface area contributed by atoms with Crippen LogP contribution in [0.2, 0.25) is 0 Å². The number of aliphatic imine (C=N–C) groups is 1. The van der Waals surface area contributed by atoms with Crippen LogP contribution in [-0.4, -0.2) is 37.8 Å². The molecule has 0 spiro atoms. The van der Waals surface area contributed by atoms with Crippen LogP contribution in [0.5, 0.6) is 5.75 Å². The lowest BCUT2D eigenvalue weighted by Crippen LogP contribution is -2.39. The smallest absolute Gasteiger partial charge is 0.191 e. The minimum Gasteiger partial charge on any atom is -0.497 e. The van der Waals surface area contributed by atoms with Gasteiger partial charge in [0, 0.05) is 19.5 Å². The second kappa shape index (κ2) is 11.7. The molecule has 0 fully saturated rings. The molecule has 1 atom stereocenters. The van der Waals surface area contributed by atoms with E-state index in [0.717, 1.165) is 36.5 Å². The lowest BCUT2D eigenvalue weighted by Gasteiger charge is -2.14. The van der Waals surface area contributed by atoms with Gasteiger partial charge in [0.1, 0.15) is 11.5 Å². The van der Waals surface area contributed by atoms with E-state index in [-0.39, 0.29) is 6.54 Å². The van der Waals surface area contributed by atoms with Crippen molar-refractivity contribution < 1.29 is 14.3 Å². The van der Waals surface area contributed by atoms with Crippen molar-refractivity contribution >= 4 is 5.96 Å². The van der Waals surface area contributed by atoms with Crippen molar-refractivity contribution in [2.75, 3.05) is 26.7 Å². The molecule has 6 nitrogen and oxygen atoms in total. The molecule has 2 aromatic carbocycles. The molecule has 3 N–H and O–H groups in total. The fourth-order valence-corrected chi connectivity index (χ4v) is 3.01. The van der Waals surface area contributed by atoms with Crippen molar-refractivity contribution in [1.29, 1.82) is 0 Å². The normalized spacial score (nSPS) is 12.4. The lowest BCUT2D eigenvalue weighted by molar-refractivity contribution is 0.187. The van der Waals surface area contributed by atoms with Gasteiger partial charge >= 0.3 is 0 Å². The number of furan rings is 1. The fourth-order valence-electron chi connectivity index (χ4n) is 3.01. The number of hydrogen-bond acceptors (Lipinski definition) is 4. The molecule has 0 amide bonds. The average molecular weight is 408 g/mol. The Morgan fingerprint density at radius 3 is 2.37 bits per heavy atom. The van der Waals surface area contributed by atoms with Gasteiger partial charge in [0.05, 0.1) is 26.0 Å². The minimum absolute atomic E-state index is 0.280. The molecule has 6 heteroatoms. The molecule has 0 saturated heterocycles. The van der Waals surface area contributed by atoms with Crippen molar-refractivity contribution in [3.8, 4) is 5.75 Å². The summed E-state index contributed by atoms with van der Waals surface area (Å²) >= 11 is 0. The SMILES string of the molecule is COc1ccc(CCNC(=NCC(O)c2ccccc2)NCCc2ccco2)cc1. The van der Waals surface area contributed by atoms with Crippen LogP contribution in [-0.2, 0) is 12.8 Å². The van der Waals surface area contributed by atoms with E-state index >= 15 is 0 Å². The molecule has 3 aromatic rings. The predicted molar refractivity (Wildman–Crippen MR) is 119 cm³/mol. The van der Waals surface area contributed by atoms with Crippen molar-refractivity contribution in [2.45, 2.75) is 18.9 Å². The summed E-state index contributed by atoms with van der Waals surface area (Å²) < 4.78 is 10.6. The zero-order chi connectivity index (χ0) is 21.0. The number of aliphatic hydroxyl groups is 1. The molecule has 1 aromatic heterocycles. The standard InChI is InChI=1S/C24H29N3O3/c1-29-21-11-9-19(10-12-21)13-15-25-24(26-16-14-22-8-5-17-30-22)27-18-23(28)20-6-3-2-4-7-20/h2-12,17,23,28H,13-16,18H2,1H3,(H2,25,26,27). The Balaban J connectivity index is 1.54. The first-order valence-electron chi connectivity index (χ1n) is 10.1. The van der Waals surface area contributed by atoms with Gasteiger partial charge in [-0.05, 0) is 41.8 Å². The highest BCUT2D eigenvalue weighted by molar-refractivity contribution is 5.79. The quantitative estimate of drug-likeness (QED) is 0.355. The van der Waals surface area contributed by atoms with Gasteiger partial charge < -0.3 is 24.9 Å². The summed E-state index contributed by atoms with van der Waals surface area (Å²) in [5, 5.41) is 17.1. The highest BCUT2D eigenvalue weighted by Gasteiger charge is 2.07. The molecule has 158 valence electrons. The maximum atomic E-state index is 10.4. The number of methoxy groups -OCH3 is 1. The molecule has 0 aliphatic rings. The number of benzene rings is 2. The molecule has 3 rings (SSSR count). The third kappa shape index (κ3) is 6.97. The molecule has 30 heavy (non-hydrogen) atoms. The van der Waals surface area contributed by atoms with Crippen molar-refractivity contribution in [3.63, 3.8) is 0 Å². The molecule has 0 aliphatic carbocycles.